The van der Waals surface area contributed by atoms with E-state index >= 15 is 0 Å². The average molecular weight is 399 g/mol. The van der Waals surface area contributed by atoms with E-state index in [2.05, 4.69) is 51.2 Å². The van der Waals surface area contributed by atoms with E-state index in [1.807, 2.05) is 17.0 Å². The van der Waals surface area contributed by atoms with Crippen LogP contribution < -0.4 is 10.2 Å². The third kappa shape index (κ3) is 4.07. The van der Waals surface area contributed by atoms with Gasteiger partial charge in [0.1, 0.15) is 0 Å². The average Bonchev–Trinajstić information content (AvgIpc) is 3.04. The number of rotatable bonds is 5. The van der Waals surface area contributed by atoms with Crippen molar-refractivity contribution in [1.29, 1.82) is 0 Å². The third-order valence-corrected chi connectivity index (χ3v) is 5.57. The highest BCUT2D eigenvalue weighted by Crippen LogP contribution is 2.38. The monoisotopic (exact) mass is 398 g/mol. The van der Waals surface area contributed by atoms with Crippen LogP contribution in [0.3, 0.4) is 0 Å². The van der Waals surface area contributed by atoms with Gasteiger partial charge in [-0.05, 0) is 35.1 Å². The summed E-state index contributed by atoms with van der Waals surface area (Å²) < 4.78 is 0. The lowest BCUT2D eigenvalue weighted by molar-refractivity contribution is -0.122. The van der Waals surface area contributed by atoms with Crippen LogP contribution in [-0.4, -0.2) is 18.4 Å². The zero-order chi connectivity index (χ0) is 20.4. The molecule has 5 heteroatoms. The number of benzene rings is 2. The molecule has 2 amide bonds. The predicted octanol–water partition coefficient (Wildman–Crippen LogP) is 5.58. The molecule has 1 aliphatic rings. The molecule has 0 aromatic heterocycles. The quantitative estimate of drug-likeness (QED) is 0.714. The van der Waals surface area contributed by atoms with Gasteiger partial charge < -0.3 is 10.2 Å². The van der Waals surface area contributed by atoms with E-state index in [1.54, 1.807) is 12.1 Å². The van der Waals surface area contributed by atoms with Gasteiger partial charge in [0.05, 0.1) is 22.3 Å². The van der Waals surface area contributed by atoms with Crippen LogP contribution in [0.25, 0.3) is 0 Å². The van der Waals surface area contributed by atoms with E-state index in [4.69, 9.17) is 11.6 Å². The molecule has 4 nitrogen and oxygen atoms in total. The van der Waals surface area contributed by atoms with Crippen molar-refractivity contribution in [2.45, 2.75) is 46.0 Å². The normalized spacial score (nSPS) is 16.9. The van der Waals surface area contributed by atoms with Gasteiger partial charge >= 0.3 is 0 Å². The molecule has 1 atom stereocenters. The number of para-hydroxylation sites is 2. The molecule has 3 rings (SSSR count). The maximum Gasteiger partial charge on any atom is 0.229 e. The van der Waals surface area contributed by atoms with E-state index in [0.29, 0.717) is 17.3 Å². The van der Waals surface area contributed by atoms with Gasteiger partial charge in [-0.15, -0.1) is 0 Å². The molecule has 148 valence electrons. The number of carbonyl (C=O) groups is 2. The first-order chi connectivity index (χ1) is 13.3. The summed E-state index contributed by atoms with van der Waals surface area (Å²) in [4.78, 5) is 27.5. The van der Waals surface area contributed by atoms with Crippen LogP contribution in [-0.2, 0) is 9.59 Å². The fraction of sp³-hybridized carbons (Fsp3) is 0.391. The minimum absolute atomic E-state index is 0.00527. The van der Waals surface area contributed by atoms with Crippen LogP contribution in [0.5, 0.6) is 0 Å². The highest BCUT2D eigenvalue weighted by atomic mass is 35.5. The number of halogens is 1. The Balaban J connectivity index is 1.87. The molecule has 0 saturated carbocycles. The Labute approximate surface area is 171 Å². The molecule has 1 aliphatic heterocycles. The Hall–Kier alpha value is -2.33. The van der Waals surface area contributed by atoms with Gasteiger partial charge in [0.15, 0.2) is 0 Å². The SMILES string of the molecule is CC(C)c1cccc(C(C)C)c1N1CC(C(=O)Nc2ccccc2Cl)CC1=O. The number of anilines is 2. The molecule has 2 aromatic rings. The van der Waals surface area contributed by atoms with Crippen LogP contribution in [0.1, 0.15) is 57.1 Å². The Morgan fingerprint density at radius 1 is 1.04 bits per heavy atom. The summed E-state index contributed by atoms with van der Waals surface area (Å²) in [6.07, 6.45) is 0.209. The number of hydrogen-bond acceptors (Lipinski definition) is 2. The summed E-state index contributed by atoms with van der Waals surface area (Å²) in [7, 11) is 0. The van der Waals surface area contributed by atoms with E-state index in [1.165, 1.54) is 0 Å². The lowest BCUT2D eigenvalue weighted by Gasteiger charge is -2.27. The van der Waals surface area contributed by atoms with Gasteiger partial charge in [0.2, 0.25) is 11.8 Å². The van der Waals surface area contributed by atoms with E-state index < -0.39 is 5.92 Å². The second-order valence-electron chi connectivity index (χ2n) is 7.97. The van der Waals surface area contributed by atoms with Crippen molar-refractivity contribution < 1.29 is 9.59 Å². The zero-order valence-electron chi connectivity index (χ0n) is 16.8. The fourth-order valence-electron chi connectivity index (χ4n) is 3.72. The van der Waals surface area contributed by atoms with E-state index in [0.717, 1.165) is 16.8 Å². The van der Waals surface area contributed by atoms with Gasteiger partial charge in [-0.3, -0.25) is 9.59 Å². The Kier molecular flexibility index (Phi) is 6.09. The number of nitrogens with one attached hydrogen (secondary N) is 1. The van der Waals surface area contributed by atoms with Crippen molar-refractivity contribution in [3.8, 4) is 0 Å². The van der Waals surface area contributed by atoms with Crippen LogP contribution in [0.15, 0.2) is 42.5 Å². The first-order valence-corrected chi connectivity index (χ1v) is 10.2. The Morgan fingerprint density at radius 2 is 1.64 bits per heavy atom. The fourth-order valence-corrected chi connectivity index (χ4v) is 3.90. The summed E-state index contributed by atoms with van der Waals surface area (Å²) in [6.45, 7) is 8.91. The van der Waals surface area contributed by atoms with Crippen molar-refractivity contribution in [2.24, 2.45) is 5.92 Å². The Morgan fingerprint density at radius 3 is 2.21 bits per heavy atom. The van der Waals surface area contributed by atoms with Crippen LogP contribution in [0, 0.1) is 5.92 Å². The maximum absolute atomic E-state index is 12.9. The number of carbonyl (C=O) groups excluding carboxylic acids is 2. The summed E-state index contributed by atoms with van der Waals surface area (Å²) in [5.41, 5.74) is 3.84. The summed E-state index contributed by atoms with van der Waals surface area (Å²) in [5, 5.41) is 3.36. The summed E-state index contributed by atoms with van der Waals surface area (Å²) in [5.74, 6) is 0.00499. The van der Waals surface area contributed by atoms with Gasteiger partial charge in [-0.2, -0.15) is 0 Å². The molecule has 1 heterocycles. The summed E-state index contributed by atoms with van der Waals surface area (Å²) in [6, 6.07) is 13.3. The van der Waals surface area contributed by atoms with Crippen LogP contribution >= 0.6 is 11.6 Å². The van der Waals surface area contributed by atoms with Gasteiger partial charge in [0.25, 0.3) is 0 Å². The van der Waals surface area contributed by atoms with Gasteiger partial charge in [0, 0.05) is 13.0 Å². The van der Waals surface area contributed by atoms with Crippen molar-refractivity contribution in [2.75, 3.05) is 16.8 Å². The van der Waals surface area contributed by atoms with Crippen molar-refractivity contribution >= 4 is 34.8 Å². The van der Waals surface area contributed by atoms with Crippen LogP contribution in [0.2, 0.25) is 5.02 Å². The van der Waals surface area contributed by atoms with Crippen molar-refractivity contribution in [3.63, 3.8) is 0 Å². The second-order valence-corrected chi connectivity index (χ2v) is 8.38. The zero-order valence-corrected chi connectivity index (χ0v) is 17.6. The lowest BCUT2D eigenvalue weighted by atomic mass is 9.92. The van der Waals surface area contributed by atoms with Crippen molar-refractivity contribution in [1.82, 2.24) is 0 Å². The smallest absolute Gasteiger partial charge is 0.229 e. The molecular formula is C23H27ClN2O2. The molecule has 0 radical (unpaired) electrons. The van der Waals surface area contributed by atoms with E-state index in [-0.39, 0.29) is 30.1 Å². The van der Waals surface area contributed by atoms with E-state index in [9.17, 15) is 9.59 Å². The molecule has 0 bridgehead atoms. The Bertz CT molecular complexity index is 866. The van der Waals surface area contributed by atoms with Crippen LogP contribution in [0.4, 0.5) is 11.4 Å². The molecular weight excluding hydrogens is 372 g/mol. The second kappa shape index (κ2) is 8.36. The van der Waals surface area contributed by atoms with Crippen molar-refractivity contribution in [3.05, 3.63) is 58.6 Å². The highest BCUT2D eigenvalue weighted by Gasteiger charge is 2.37. The number of hydrogen-bond donors (Lipinski definition) is 1. The molecule has 1 N–H and O–H groups in total. The highest BCUT2D eigenvalue weighted by molar-refractivity contribution is 6.33. The minimum Gasteiger partial charge on any atom is -0.324 e. The van der Waals surface area contributed by atoms with Gasteiger partial charge in [-0.1, -0.05) is 69.6 Å². The number of amides is 2. The standard InChI is InChI=1S/C23H27ClN2O2/c1-14(2)17-8-7-9-18(15(3)4)22(17)26-13-16(12-21(26)27)23(28)25-20-11-6-5-10-19(20)24/h5-11,14-16H,12-13H2,1-4H3,(H,25,28). The molecule has 1 saturated heterocycles. The first-order valence-electron chi connectivity index (χ1n) is 9.78. The summed E-state index contributed by atoms with van der Waals surface area (Å²) >= 11 is 6.15. The predicted molar refractivity (Wildman–Crippen MR) is 115 cm³/mol. The molecule has 0 spiro atoms. The maximum atomic E-state index is 12.9. The molecule has 2 aromatic carbocycles. The molecule has 0 aliphatic carbocycles. The number of nitrogens with zero attached hydrogens (tertiary/aromatic N) is 1. The minimum atomic E-state index is -0.399. The molecule has 28 heavy (non-hydrogen) atoms. The van der Waals surface area contributed by atoms with Gasteiger partial charge in [-0.25, -0.2) is 0 Å². The molecule has 1 unspecified atom stereocenters. The molecule has 1 fully saturated rings. The lowest BCUT2D eigenvalue weighted by Crippen LogP contribution is -2.30. The third-order valence-electron chi connectivity index (χ3n) is 5.24. The topological polar surface area (TPSA) is 49.4 Å². The largest absolute Gasteiger partial charge is 0.324 e. The first kappa shape index (κ1) is 20.4.